The average Bonchev–Trinajstić information content (AvgIpc) is 2.83. The quantitative estimate of drug-likeness (QED) is 0.849. The zero-order valence-corrected chi connectivity index (χ0v) is 9.91. The Kier molecular flexibility index (Phi) is 4.04. The summed E-state index contributed by atoms with van der Waals surface area (Å²) in [6, 6.07) is 3.72. The van der Waals surface area contributed by atoms with Crippen molar-refractivity contribution in [2.24, 2.45) is 0 Å². The van der Waals surface area contributed by atoms with E-state index in [9.17, 15) is 4.79 Å². The highest BCUT2D eigenvalue weighted by Gasteiger charge is 2.03. The molecule has 0 fully saturated rings. The summed E-state index contributed by atoms with van der Waals surface area (Å²) in [5.74, 6) is -0.0403. The Morgan fingerprint density at radius 1 is 1.29 bits per heavy atom. The zero-order valence-electron chi connectivity index (χ0n) is 9.09. The number of aromatic nitrogens is 2. The fourth-order valence-electron chi connectivity index (χ4n) is 1.26. The van der Waals surface area contributed by atoms with E-state index in [2.05, 4.69) is 20.6 Å². The van der Waals surface area contributed by atoms with Crippen molar-refractivity contribution < 1.29 is 4.79 Å². The van der Waals surface area contributed by atoms with Gasteiger partial charge in [0, 0.05) is 42.6 Å². The number of carbonyl (C=O) groups is 1. The molecule has 6 heteroatoms. The molecular formula is C11H12N4OS. The predicted molar refractivity (Wildman–Crippen MR) is 68.1 cm³/mol. The zero-order chi connectivity index (χ0) is 11.9. The van der Waals surface area contributed by atoms with Crippen molar-refractivity contribution in [2.45, 2.75) is 6.42 Å². The topological polar surface area (TPSA) is 66.9 Å². The number of pyridine rings is 1. The van der Waals surface area contributed by atoms with E-state index in [-0.39, 0.29) is 5.91 Å². The second-order valence-corrected chi connectivity index (χ2v) is 4.19. The molecule has 0 aromatic carbocycles. The van der Waals surface area contributed by atoms with Crippen LogP contribution in [0.1, 0.15) is 6.42 Å². The number of thiazole rings is 1. The van der Waals surface area contributed by atoms with Crippen molar-refractivity contribution in [1.82, 2.24) is 9.97 Å². The predicted octanol–water partition coefficient (Wildman–Crippen LogP) is 1.98. The van der Waals surface area contributed by atoms with Gasteiger partial charge in [0.15, 0.2) is 5.13 Å². The van der Waals surface area contributed by atoms with Gasteiger partial charge < -0.3 is 10.6 Å². The van der Waals surface area contributed by atoms with E-state index in [1.54, 1.807) is 18.6 Å². The maximum atomic E-state index is 11.5. The monoisotopic (exact) mass is 248 g/mol. The maximum Gasteiger partial charge on any atom is 0.227 e. The molecule has 2 N–H and O–H groups in total. The summed E-state index contributed by atoms with van der Waals surface area (Å²) < 4.78 is 0. The molecule has 0 unspecified atom stereocenters. The van der Waals surface area contributed by atoms with Gasteiger partial charge in [-0.15, -0.1) is 11.3 Å². The van der Waals surface area contributed by atoms with E-state index in [1.807, 2.05) is 17.5 Å². The third kappa shape index (κ3) is 3.84. The minimum Gasteiger partial charge on any atom is -0.384 e. The molecule has 88 valence electrons. The number of nitrogens with one attached hydrogen (secondary N) is 2. The van der Waals surface area contributed by atoms with Crippen LogP contribution in [0.5, 0.6) is 0 Å². The standard InChI is InChI=1S/C11H12N4OS/c16-10(15-11-14-7-8-17-11)3-6-13-9-1-4-12-5-2-9/h1-2,4-5,7-8H,3,6H2,(H,12,13)(H,14,15,16). The number of rotatable bonds is 5. The van der Waals surface area contributed by atoms with E-state index in [4.69, 9.17) is 0 Å². The van der Waals surface area contributed by atoms with Gasteiger partial charge in [-0.05, 0) is 12.1 Å². The van der Waals surface area contributed by atoms with Gasteiger partial charge in [-0.1, -0.05) is 0 Å². The van der Waals surface area contributed by atoms with Crippen LogP contribution in [0.3, 0.4) is 0 Å². The molecule has 5 nitrogen and oxygen atoms in total. The van der Waals surface area contributed by atoms with Crippen LogP contribution in [0.4, 0.5) is 10.8 Å². The van der Waals surface area contributed by atoms with Gasteiger partial charge in [0.1, 0.15) is 0 Å². The molecular weight excluding hydrogens is 236 g/mol. The van der Waals surface area contributed by atoms with Gasteiger partial charge in [-0.2, -0.15) is 0 Å². The van der Waals surface area contributed by atoms with Gasteiger partial charge in [0.2, 0.25) is 5.91 Å². The summed E-state index contributed by atoms with van der Waals surface area (Å²) in [5, 5.41) is 8.32. The van der Waals surface area contributed by atoms with E-state index < -0.39 is 0 Å². The van der Waals surface area contributed by atoms with E-state index in [1.165, 1.54) is 11.3 Å². The number of amides is 1. The van der Waals surface area contributed by atoms with Crippen molar-refractivity contribution >= 4 is 28.1 Å². The fraction of sp³-hybridized carbons (Fsp3) is 0.182. The molecule has 0 aliphatic carbocycles. The average molecular weight is 248 g/mol. The minimum absolute atomic E-state index is 0.0403. The molecule has 0 saturated carbocycles. The summed E-state index contributed by atoms with van der Waals surface area (Å²) in [4.78, 5) is 19.4. The SMILES string of the molecule is O=C(CCNc1ccncc1)Nc1nccs1. The van der Waals surface area contributed by atoms with Crippen LogP contribution in [-0.4, -0.2) is 22.4 Å². The second kappa shape index (κ2) is 5.95. The molecule has 0 radical (unpaired) electrons. The lowest BCUT2D eigenvalue weighted by atomic mass is 10.3. The van der Waals surface area contributed by atoms with Crippen LogP contribution >= 0.6 is 11.3 Å². The third-order valence-electron chi connectivity index (χ3n) is 2.04. The largest absolute Gasteiger partial charge is 0.384 e. The highest BCUT2D eigenvalue weighted by atomic mass is 32.1. The molecule has 17 heavy (non-hydrogen) atoms. The number of carbonyl (C=O) groups excluding carboxylic acids is 1. The Labute approximate surface area is 103 Å². The third-order valence-corrected chi connectivity index (χ3v) is 2.73. The Balaban J connectivity index is 1.70. The van der Waals surface area contributed by atoms with Crippen molar-refractivity contribution in [2.75, 3.05) is 17.2 Å². The van der Waals surface area contributed by atoms with Crippen LogP contribution in [0, 0.1) is 0 Å². The first-order valence-corrected chi connectivity index (χ1v) is 6.06. The Hall–Kier alpha value is -1.95. The Bertz CT molecular complexity index is 458. The molecule has 2 heterocycles. The molecule has 0 aliphatic rings. The second-order valence-electron chi connectivity index (χ2n) is 3.30. The van der Waals surface area contributed by atoms with Gasteiger partial charge in [0.25, 0.3) is 0 Å². The van der Waals surface area contributed by atoms with Gasteiger partial charge in [0.05, 0.1) is 0 Å². The summed E-state index contributed by atoms with van der Waals surface area (Å²) >= 11 is 1.41. The lowest BCUT2D eigenvalue weighted by Crippen LogP contribution is -2.16. The molecule has 1 amide bonds. The fourth-order valence-corrected chi connectivity index (χ4v) is 1.80. The van der Waals surface area contributed by atoms with Gasteiger partial charge >= 0.3 is 0 Å². The minimum atomic E-state index is -0.0403. The lowest BCUT2D eigenvalue weighted by molar-refractivity contribution is -0.115. The first kappa shape index (κ1) is 11.5. The van der Waals surface area contributed by atoms with E-state index in [0.29, 0.717) is 18.1 Å². The summed E-state index contributed by atoms with van der Waals surface area (Å²) in [5.41, 5.74) is 0.960. The molecule has 2 aromatic rings. The summed E-state index contributed by atoms with van der Waals surface area (Å²) in [6.07, 6.45) is 5.48. The first-order chi connectivity index (χ1) is 8.34. The highest BCUT2D eigenvalue weighted by Crippen LogP contribution is 2.10. The number of nitrogens with zero attached hydrogens (tertiary/aromatic N) is 2. The van der Waals surface area contributed by atoms with Crippen molar-refractivity contribution in [1.29, 1.82) is 0 Å². The molecule has 0 bridgehead atoms. The molecule has 2 rings (SSSR count). The molecule has 2 aromatic heterocycles. The number of hydrogen-bond acceptors (Lipinski definition) is 5. The first-order valence-electron chi connectivity index (χ1n) is 5.18. The molecule has 0 atom stereocenters. The lowest BCUT2D eigenvalue weighted by Gasteiger charge is -2.05. The molecule has 0 saturated heterocycles. The van der Waals surface area contributed by atoms with Crippen LogP contribution in [0.25, 0.3) is 0 Å². The molecule has 0 aliphatic heterocycles. The number of hydrogen-bond donors (Lipinski definition) is 2. The van der Waals surface area contributed by atoms with Gasteiger partial charge in [-0.3, -0.25) is 9.78 Å². The van der Waals surface area contributed by atoms with E-state index >= 15 is 0 Å². The van der Waals surface area contributed by atoms with Crippen molar-refractivity contribution in [3.05, 3.63) is 36.1 Å². The summed E-state index contributed by atoms with van der Waals surface area (Å²) in [7, 11) is 0. The molecule has 0 spiro atoms. The van der Waals surface area contributed by atoms with Crippen molar-refractivity contribution in [3.63, 3.8) is 0 Å². The Morgan fingerprint density at radius 2 is 2.12 bits per heavy atom. The maximum absolute atomic E-state index is 11.5. The van der Waals surface area contributed by atoms with Crippen LogP contribution in [0.2, 0.25) is 0 Å². The van der Waals surface area contributed by atoms with Crippen LogP contribution in [0.15, 0.2) is 36.1 Å². The van der Waals surface area contributed by atoms with Crippen LogP contribution in [-0.2, 0) is 4.79 Å². The summed E-state index contributed by atoms with van der Waals surface area (Å²) in [6.45, 7) is 0.585. The highest BCUT2D eigenvalue weighted by molar-refractivity contribution is 7.13. The van der Waals surface area contributed by atoms with Crippen molar-refractivity contribution in [3.8, 4) is 0 Å². The van der Waals surface area contributed by atoms with E-state index in [0.717, 1.165) is 5.69 Å². The smallest absolute Gasteiger partial charge is 0.227 e. The van der Waals surface area contributed by atoms with Crippen LogP contribution < -0.4 is 10.6 Å². The normalized spacial score (nSPS) is 9.88. The Morgan fingerprint density at radius 3 is 2.82 bits per heavy atom. The number of anilines is 2. The van der Waals surface area contributed by atoms with Gasteiger partial charge in [-0.25, -0.2) is 4.98 Å².